The second kappa shape index (κ2) is 4.62. The topological polar surface area (TPSA) is 29.5 Å². The smallest absolute Gasteiger partial charge is 0.134 e. The molecule has 3 unspecified atom stereocenters. The second-order valence-corrected chi connectivity index (χ2v) is 4.98. The van der Waals surface area contributed by atoms with E-state index in [9.17, 15) is 4.79 Å². The van der Waals surface area contributed by atoms with Gasteiger partial charge >= 0.3 is 0 Å². The van der Waals surface area contributed by atoms with E-state index in [0.717, 1.165) is 32.4 Å². The van der Waals surface area contributed by atoms with Gasteiger partial charge in [0.2, 0.25) is 0 Å². The van der Waals surface area contributed by atoms with Gasteiger partial charge in [-0.2, -0.15) is 0 Å². The van der Waals surface area contributed by atoms with E-state index in [1.54, 1.807) is 0 Å². The molecule has 0 aromatic heterocycles. The molecule has 3 atom stereocenters. The molecule has 15 heavy (non-hydrogen) atoms. The maximum absolute atomic E-state index is 11.4. The van der Waals surface area contributed by atoms with Crippen molar-refractivity contribution in [2.75, 3.05) is 13.2 Å². The van der Waals surface area contributed by atoms with E-state index >= 15 is 0 Å². The molecule has 2 aliphatic rings. The van der Waals surface area contributed by atoms with E-state index in [4.69, 9.17) is 4.74 Å². The van der Waals surface area contributed by atoms with Crippen molar-refractivity contribution < 1.29 is 9.53 Å². The van der Waals surface area contributed by atoms with Crippen molar-refractivity contribution >= 4 is 5.78 Å². The Hall–Kier alpha value is -0.410. The number of Topliss-reactive ketones (excluding diaryl/α,β-unsaturated/α-hetero) is 1. The summed E-state index contributed by atoms with van der Waals surface area (Å²) in [4.78, 5) is 13.9. The summed E-state index contributed by atoms with van der Waals surface area (Å²) in [7, 11) is 0. The zero-order valence-corrected chi connectivity index (χ0v) is 9.74. The van der Waals surface area contributed by atoms with Crippen LogP contribution in [0.1, 0.15) is 39.5 Å². The average Bonchev–Trinajstić information content (AvgIpc) is 2.22. The maximum Gasteiger partial charge on any atom is 0.134 e. The molecule has 3 nitrogen and oxygen atoms in total. The van der Waals surface area contributed by atoms with Crippen LogP contribution >= 0.6 is 0 Å². The largest absolute Gasteiger partial charge is 0.376 e. The van der Waals surface area contributed by atoms with Gasteiger partial charge in [-0.25, -0.2) is 0 Å². The Bertz CT molecular complexity index is 242. The highest BCUT2D eigenvalue weighted by molar-refractivity contribution is 5.79. The minimum atomic E-state index is 0.318. The van der Waals surface area contributed by atoms with Gasteiger partial charge in [0.05, 0.1) is 12.7 Å². The molecule has 0 radical (unpaired) electrons. The van der Waals surface area contributed by atoms with Crippen LogP contribution in [0.5, 0.6) is 0 Å². The Balaban J connectivity index is 1.97. The first-order valence-electron chi connectivity index (χ1n) is 6.06. The number of morpholine rings is 1. The van der Waals surface area contributed by atoms with Crippen LogP contribution in [0.4, 0.5) is 0 Å². The minimum absolute atomic E-state index is 0.318. The van der Waals surface area contributed by atoms with Crippen molar-refractivity contribution in [3.05, 3.63) is 0 Å². The Morgan fingerprint density at radius 2 is 2.20 bits per heavy atom. The van der Waals surface area contributed by atoms with Gasteiger partial charge < -0.3 is 4.74 Å². The molecule has 1 heterocycles. The molecule has 2 fully saturated rings. The fraction of sp³-hybridized carbons (Fsp3) is 0.917. The molecule has 0 spiro atoms. The number of ether oxygens (including phenoxy) is 1. The van der Waals surface area contributed by atoms with Crippen LogP contribution < -0.4 is 0 Å². The number of ketones is 1. The highest BCUT2D eigenvalue weighted by Gasteiger charge is 2.32. The monoisotopic (exact) mass is 211 g/mol. The number of carbonyl (C=O) groups is 1. The lowest BCUT2D eigenvalue weighted by molar-refractivity contribution is -0.125. The first-order valence-corrected chi connectivity index (χ1v) is 6.06. The second-order valence-electron chi connectivity index (χ2n) is 4.98. The molecule has 0 amide bonds. The van der Waals surface area contributed by atoms with Gasteiger partial charge in [0.25, 0.3) is 0 Å². The summed E-state index contributed by atoms with van der Waals surface area (Å²) in [5.41, 5.74) is 0. The standard InChI is InChI=1S/C12H21NO2/c1-9-8-15-10(2)7-13(9)11-4-3-5-12(14)6-11/h9-11H,3-8H2,1-2H3. The van der Waals surface area contributed by atoms with Gasteiger partial charge in [-0.05, 0) is 26.7 Å². The van der Waals surface area contributed by atoms with Gasteiger partial charge in [-0.1, -0.05) is 0 Å². The number of carbonyl (C=O) groups excluding carboxylic acids is 1. The normalized spacial score (nSPS) is 39.3. The van der Waals surface area contributed by atoms with Crippen LogP contribution in [0.2, 0.25) is 0 Å². The quantitative estimate of drug-likeness (QED) is 0.660. The molecule has 0 aromatic rings. The summed E-state index contributed by atoms with van der Waals surface area (Å²) < 4.78 is 5.61. The van der Waals surface area contributed by atoms with E-state index in [2.05, 4.69) is 18.7 Å². The van der Waals surface area contributed by atoms with Crippen LogP contribution in [0.25, 0.3) is 0 Å². The first-order chi connectivity index (χ1) is 7.16. The predicted molar refractivity (Wildman–Crippen MR) is 58.8 cm³/mol. The highest BCUT2D eigenvalue weighted by Crippen LogP contribution is 2.24. The molecule has 0 aromatic carbocycles. The molecule has 1 aliphatic heterocycles. The first kappa shape index (κ1) is 11.1. The Morgan fingerprint density at radius 3 is 2.93 bits per heavy atom. The third kappa shape index (κ3) is 2.58. The van der Waals surface area contributed by atoms with Crippen LogP contribution in [0.15, 0.2) is 0 Å². The number of hydrogen-bond acceptors (Lipinski definition) is 3. The van der Waals surface area contributed by atoms with E-state index in [0.29, 0.717) is 24.0 Å². The van der Waals surface area contributed by atoms with E-state index < -0.39 is 0 Å². The SMILES string of the molecule is CC1CN(C2CCCC(=O)C2)C(C)CO1. The van der Waals surface area contributed by atoms with Crippen molar-refractivity contribution in [1.82, 2.24) is 4.90 Å². The van der Waals surface area contributed by atoms with E-state index in [-0.39, 0.29) is 0 Å². The molecular formula is C12H21NO2. The fourth-order valence-corrected chi connectivity index (χ4v) is 2.72. The van der Waals surface area contributed by atoms with Crippen LogP contribution in [0, 0.1) is 0 Å². The summed E-state index contributed by atoms with van der Waals surface area (Å²) in [6.07, 6.45) is 4.13. The minimum Gasteiger partial charge on any atom is -0.376 e. The van der Waals surface area contributed by atoms with E-state index in [1.807, 2.05) is 0 Å². The van der Waals surface area contributed by atoms with Crippen LogP contribution in [-0.4, -0.2) is 42.0 Å². The van der Waals surface area contributed by atoms with Crippen molar-refractivity contribution in [2.45, 2.75) is 57.7 Å². The highest BCUT2D eigenvalue weighted by atomic mass is 16.5. The summed E-state index contributed by atoms with van der Waals surface area (Å²) >= 11 is 0. The lowest BCUT2D eigenvalue weighted by Gasteiger charge is -2.43. The predicted octanol–water partition coefficient (Wildman–Crippen LogP) is 1.61. The number of hydrogen-bond donors (Lipinski definition) is 0. The molecule has 1 aliphatic carbocycles. The summed E-state index contributed by atoms with van der Waals surface area (Å²) in [5.74, 6) is 0.442. The fourth-order valence-electron chi connectivity index (χ4n) is 2.72. The summed E-state index contributed by atoms with van der Waals surface area (Å²) in [6.45, 7) is 6.11. The maximum atomic E-state index is 11.4. The zero-order chi connectivity index (χ0) is 10.8. The molecule has 3 heteroatoms. The average molecular weight is 211 g/mol. The van der Waals surface area contributed by atoms with Crippen molar-refractivity contribution in [2.24, 2.45) is 0 Å². The van der Waals surface area contributed by atoms with Crippen LogP contribution in [-0.2, 0) is 9.53 Å². The Labute approximate surface area is 91.8 Å². The number of nitrogens with zero attached hydrogens (tertiary/aromatic N) is 1. The van der Waals surface area contributed by atoms with Gasteiger partial charge in [0.15, 0.2) is 0 Å². The van der Waals surface area contributed by atoms with Crippen LogP contribution in [0.3, 0.4) is 0 Å². The molecule has 2 rings (SSSR count). The molecule has 86 valence electrons. The van der Waals surface area contributed by atoms with Gasteiger partial charge in [0, 0.05) is 31.5 Å². The lowest BCUT2D eigenvalue weighted by Crippen LogP contribution is -2.53. The third-order valence-corrected chi connectivity index (χ3v) is 3.58. The van der Waals surface area contributed by atoms with Crippen molar-refractivity contribution in [3.8, 4) is 0 Å². The third-order valence-electron chi connectivity index (χ3n) is 3.58. The summed E-state index contributed by atoms with van der Waals surface area (Å²) in [5, 5.41) is 0. The molecule has 0 N–H and O–H groups in total. The Kier molecular flexibility index (Phi) is 3.42. The molecule has 0 bridgehead atoms. The summed E-state index contributed by atoms with van der Waals surface area (Å²) in [6, 6.07) is 0.949. The van der Waals surface area contributed by atoms with Gasteiger partial charge in [-0.15, -0.1) is 0 Å². The Morgan fingerprint density at radius 1 is 1.40 bits per heavy atom. The molecule has 1 saturated heterocycles. The zero-order valence-electron chi connectivity index (χ0n) is 9.74. The van der Waals surface area contributed by atoms with Crippen molar-refractivity contribution in [3.63, 3.8) is 0 Å². The molecule has 1 saturated carbocycles. The van der Waals surface area contributed by atoms with Gasteiger partial charge in [-0.3, -0.25) is 9.69 Å². The molecular weight excluding hydrogens is 190 g/mol. The van der Waals surface area contributed by atoms with Crippen molar-refractivity contribution in [1.29, 1.82) is 0 Å². The van der Waals surface area contributed by atoms with E-state index in [1.165, 1.54) is 6.42 Å². The van der Waals surface area contributed by atoms with Gasteiger partial charge in [0.1, 0.15) is 5.78 Å². The lowest BCUT2D eigenvalue weighted by atomic mass is 9.91. The number of rotatable bonds is 1.